The van der Waals surface area contributed by atoms with Crippen molar-refractivity contribution in [1.29, 1.82) is 0 Å². The first-order valence-corrected chi connectivity index (χ1v) is 9.11. The second kappa shape index (κ2) is 7.35. The van der Waals surface area contributed by atoms with Gasteiger partial charge in [0.25, 0.3) is 5.91 Å². The van der Waals surface area contributed by atoms with Crippen molar-refractivity contribution >= 4 is 5.91 Å². The maximum Gasteiger partial charge on any atom is 0.273 e. The Kier molecular flexibility index (Phi) is 5.18. The molecular weight excluding hydrogens is 314 g/mol. The standard InChI is InChI=1S/C19H27N5O/c1-5-13(3)20-19(25)18-14(4)24(22-21-18)17-9-7-8-15-12-23(6-2)11-10-16(15)17/h7-9,13H,5-6,10-12H2,1-4H3,(H,20,25). The minimum Gasteiger partial charge on any atom is -0.348 e. The molecular formula is C19H27N5O. The fourth-order valence-electron chi connectivity index (χ4n) is 3.28. The second-order valence-electron chi connectivity index (χ2n) is 6.75. The number of amides is 1. The summed E-state index contributed by atoms with van der Waals surface area (Å²) in [4.78, 5) is 14.9. The highest BCUT2D eigenvalue weighted by atomic mass is 16.2. The Morgan fingerprint density at radius 2 is 2.16 bits per heavy atom. The van der Waals surface area contributed by atoms with Crippen molar-refractivity contribution in [3.8, 4) is 5.69 Å². The Morgan fingerprint density at radius 3 is 2.88 bits per heavy atom. The monoisotopic (exact) mass is 341 g/mol. The van der Waals surface area contributed by atoms with Gasteiger partial charge < -0.3 is 5.32 Å². The Bertz CT molecular complexity index is 767. The molecule has 0 radical (unpaired) electrons. The third-order valence-corrected chi connectivity index (χ3v) is 5.10. The van der Waals surface area contributed by atoms with Crippen LogP contribution in [0.15, 0.2) is 18.2 Å². The molecule has 1 atom stereocenters. The molecule has 0 aliphatic carbocycles. The number of hydrogen-bond acceptors (Lipinski definition) is 4. The van der Waals surface area contributed by atoms with Gasteiger partial charge in [-0.15, -0.1) is 5.10 Å². The molecule has 1 aliphatic rings. The highest BCUT2D eigenvalue weighted by molar-refractivity contribution is 5.93. The predicted octanol–water partition coefficient (Wildman–Crippen LogP) is 2.48. The van der Waals surface area contributed by atoms with Crippen LogP contribution in [0, 0.1) is 6.92 Å². The number of aromatic nitrogens is 3. The lowest BCUT2D eigenvalue weighted by Crippen LogP contribution is -2.32. The van der Waals surface area contributed by atoms with E-state index in [-0.39, 0.29) is 11.9 Å². The van der Waals surface area contributed by atoms with Crippen molar-refractivity contribution in [2.24, 2.45) is 0 Å². The number of likely N-dealkylation sites (N-methyl/N-ethyl adjacent to an activating group) is 1. The first-order chi connectivity index (χ1) is 12.0. The zero-order chi connectivity index (χ0) is 18.0. The van der Waals surface area contributed by atoms with Crippen molar-refractivity contribution in [2.45, 2.75) is 53.1 Å². The normalized spacial score (nSPS) is 15.7. The summed E-state index contributed by atoms with van der Waals surface area (Å²) in [6.07, 6.45) is 1.88. The molecule has 0 spiro atoms. The maximum atomic E-state index is 12.4. The first-order valence-electron chi connectivity index (χ1n) is 9.11. The van der Waals surface area contributed by atoms with Crippen LogP contribution < -0.4 is 5.32 Å². The lowest BCUT2D eigenvalue weighted by Gasteiger charge is -2.29. The second-order valence-corrected chi connectivity index (χ2v) is 6.75. The number of carbonyl (C=O) groups excluding carboxylic acids is 1. The van der Waals surface area contributed by atoms with Crippen LogP contribution in [0.4, 0.5) is 0 Å². The Morgan fingerprint density at radius 1 is 1.36 bits per heavy atom. The van der Waals surface area contributed by atoms with E-state index in [4.69, 9.17) is 0 Å². The molecule has 0 saturated heterocycles. The van der Waals surface area contributed by atoms with Crippen LogP contribution in [-0.4, -0.2) is 44.9 Å². The molecule has 1 aromatic heterocycles. The van der Waals surface area contributed by atoms with Gasteiger partial charge in [-0.1, -0.05) is 31.2 Å². The molecule has 1 aliphatic heterocycles. The summed E-state index contributed by atoms with van der Waals surface area (Å²) in [5.41, 5.74) is 4.89. The molecule has 6 nitrogen and oxygen atoms in total. The van der Waals surface area contributed by atoms with Gasteiger partial charge in [0.1, 0.15) is 0 Å². The summed E-state index contributed by atoms with van der Waals surface area (Å²) < 4.78 is 1.81. The number of rotatable bonds is 5. The molecule has 1 unspecified atom stereocenters. The largest absolute Gasteiger partial charge is 0.348 e. The number of fused-ring (bicyclic) bond motifs is 1. The van der Waals surface area contributed by atoms with Crippen LogP contribution in [0.1, 0.15) is 54.5 Å². The summed E-state index contributed by atoms with van der Waals surface area (Å²) in [7, 11) is 0. The van der Waals surface area contributed by atoms with E-state index >= 15 is 0 Å². The van der Waals surface area contributed by atoms with Gasteiger partial charge >= 0.3 is 0 Å². The SMILES string of the molecule is CCC(C)NC(=O)c1nnn(-c2cccc3c2CCN(CC)C3)c1C. The number of benzene rings is 1. The van der Waals surface area contributed by atoms with Crippen molar-refractivity contribution in [3.63, 3.8) is 0 Å². The summed E-state index contributed by atoms with van der Waals surface area (Å²) in [5.74, 6) is -0.153. The molecule has 1 aromatic carbocycles. The van der Waals surface area contributed by atoms with Gasteiger partial charge in [-0.05, 0) is 50.4 Å². The molecule has 0 saturated carbocycles. The molecule has 2 aromatic rings. The van der Waals surface area contributed by atoms with E-state index in [0.29, 0.717) is 5.69 Å². The topological polar surface area (TPSA) is 63.1 Å². The lowest BCUT2D eigenvalue weighted by atomic mass is 9.97. The number of nitrogens with zero attached hydrogens (tertiary/aromatic N) is 4. The van der Waals surface area contributed by atoms with Gasteiger partial charge in [0.05, 0.1) is 11.4 Å². The summed E-state index contributed by atoms with van der Waals surface area (Å²) in [5, 5.41) is 11.4. The van der Waals surface area contributed by atoms with Crippen LogP contribution in [0.2, 0.25) is 0 Å². The van der Waals surface area contributed by atoms with Crippen LogP contribution in [0.5, 0.6) is 0 Å². The van der Waals surface area contributed by atoms with Gasteiger partial charge in [0, 0.05) is 19.1 Å². The van der Waals surface area contributed by atoms with E-state index in [1.54, 1.807) is 0 Å². The average Bonchev–Trinajstić information content (AvgIpc) is 3.01. The van der Waals surface area contributed by atoms with Crippen molar-refractivity contribution in [3.05, 3.63) is 40.7 Å². The minimum atomic E-state index is -0.153. The minimum absolute atomic E-state index is 0.126. The van der Waals surface area contributed by atoms with Gasteiger partial charge in [0.15, 0.2) is 5.69 Å². The third kappa shape index (κ3) is 3.44. The summed E-state index contributed by atoms with van der Waals surface area (Å²) in [6, 6.07) is 6.44. The van der Waals surface area contributed by atoms with Gasteiger partial charge in [-0.3, -0.25) is 9.69 Å². The number of hydrogen-bond donors (Lipinski definition) is 1. The van der Waals surface area contributed by atoms with Gasteiger partial charge in [-0.25, -0.2) is 4.68 Å². The Hall–Kier alpha value is -2.21. The van der Waals surface area contributed by atoms with Crippen molar-refractivity contribution < 1.29 is 4.79 Å². The molecule has 1 amide bonds. The zero-order valence-corrected chi connectivity index (χ0v) is 15.5. The highest BCUT2D eigenvalue weighted by Crippen LogP contribution is 2.26. The molecule has 0 bridgehead atoms. The van der Waals surface area contributed by atoms with Crippen molar-refractivity contribution in [2.75, 3.05) is 13.1 Å². The average molecular weight is 341 g/mol. The number of carbonyl (C=O) groups is 1. The highest BCUT2D eigenvalue weighted by Gasteiger charge is 2.22. The molecule has 6 heteroatoms. The molecule has 0 fully saturated rings. The van der Waals surface area contributed by atoms with E-state index in [1.807, 2.05) is 25.5 Å². The molecule has 3 rings (SSSR count). The predicted molar refractivity (Wildman–Crippen MR) is 98.0 cm³/mol. The van der Waals surface area contributed by atoms with Crippen molar-refractivity contribution in [1.82, 2.24) is 25.2 Å². The molecule has 134 valence electrons. The summed E-state index contributed by atoms with van der Waals surface area (Å²) >= 11 is 0. The van der Waals surface area contributed by atoms with E-state index in [2.05, 4.69) is 45.7 Å². The molecule has 25 heavy (non-hydrogen) atoms. The smallest absolute Gasteiger partial charge is 0.273 e. The van der Waals surface area contributed by atoms with E-state index < -0.39 is 0 Å². The van der Waals surface area contributed by atoms with Gasteiger partial charge in [0.2, 0.25) is 0 Å². The molecule has 1 N–H and O–H groups in total. The first kappa shape index (κ1) is 17.6. The fraction of sp³-hybridized carbons (Fsp3) is 0.526. The lowest BCUT2D eigenvalue weighted by molar-refractivity contribution is 0.0933. The third-order valence-electron chi connectivity index (χ3n) is 5.10. The Labute approximate surface area is 149 Å². The zero-order valence-electron chi connectivity index (χ0n) is 15.5. The molecule has 2 heterocycles. The van der Waals surface area contributed by atoms with E-state index in [0.717, 1.165) is 43.9 Å². The van der Waals surface area contributed by atoms with E-state index in [9.17, 15) is 4.79 Å². The van der Waals surface area contributed by atoms with Gasteiger partial charge in [-0.2, -0.15) is 0 Å². The maximum absolute atomic E-state index is 12.4. The van der Waals surface area contributed by atoms with Crippen LogP contribution in [0.25, 0.3) is 5.69 Å². The number of nitrogens with one attached hydrogen (secondary N) is 1. The van der Waals surface area contributed by atoms with E-state index in [1.165, 1.54) is 11.1 Å². The Balaban J connectivity index is 1.93. The van der Waals surface area contributed by atoms with Crippen LogP contribution in [-0.2, 0) is 13.0 Å². The van der Waals surface area contributed by atoms with Crippen LogP contribution in [0.3, 0.4) is 0 Å². The summed E-state index contributed by atoms with van der Waals surface area (Å²) in [6.45, 7) is 11.2. The quantitative estimate of drug-likeness (QED) is 0.907. The fourth-order valence-corrected chi connectivity index (χ4v) is 3.28. The van der Waals surface area contributed by atoms with Crippen LogP contribution >= 0.6 is 0 Å².